The maximum absolute atomic E-state index is 12.5. The van der Waals surface area contributed by atoms with Crippen LogP contribution in [0, 0.1) is 0 Å². The van der Waals surface area contributed by atoms with Crippen molar-refractivity contribution in [2.45, 2.75) is 31.2 Å². The van der Waals surface area contributed by atoms with Crippen molar-refractivity contribution in [1.82, 2.24) is 9.80 Å². The number of carbonyl (C=O) groups is 1. The van der Waals surface area contributed by atoms with Crippen LogP contribution in [0.15, 0.2) is 0 Å². The lowest BCUT2D eigenvalue weighted by molar-refractivity contribution is -0.219. The molecule has 2 atom stereocenters. The van der Waals surface area contributed by atoms with Crippen molar-refractivity contribution in [3.05, 3.63) is 0 Å². The lowest BCUT2D eigenvalue weighted by Crippen LogP contribution is -2.48. The normalized spacial score (nSPS) is 26.8. The predicted molar refractivity (Wildman–Crippen MR) is 59.6 cm³/mol. The smallest absolute Gasteiger partial charge is 0.415 e. The molecular weight excluding hydrogens is 265 g/mol. The fraction of sp³-hybridized carbons (Fsp3) is 0.909. The van der Waals surface area contributed by atoms with Gasteiger partial charge in [-0.1, -0.05) is 0 Å². The number of rotatable bonds is 4. The number of aliphatic hydroxyl groups excluding tert-OH is 1. The fourth-order valence-electron chi connectivity index (χ4n) is 2.58. The van der Waals surface area contributed by atoms with Crippen LogP contribution < -0.4 is 0 Å². The molecule has 19 heavy (non-hydrogen) atoms. The number of alkyl halides is 3. The molecular formula is C11H17F3N2O3. The van der Waals surface area contributed by atoms with Crippen molar-refractivity contribution >= 4 is 6.09 Å². The molecule has 0 aromatic rings. The molecule has 0 aromatic carbocycles. The first-order valence-corrected chi connectivity index (χ1v) is 6.30. The molecule has 2 fully saturated rings. The standard InChI is InChI=1S/C11H17F3N2O3/c12-11(13,14)9(17)8-2-1-3-15(8)4-5-16-6-7-19-10(16)18/h8-9,17H,1-7H2/t8-,9+/m0/s1. The number of ether oxygens (including phenoxy) is 1. The number of nitrogens with zero attached hydrogens (tertiary/aromatic N) is 2. The highest BCUT2D eigenvalue weighted by molar-refractivity contribution is 5.69. The maximum atomic E-state index is 12.5. The van der Waals surface area contributed by atoms with Gasteiger partial charge >= 0.3 is 12.3 Å². The Bertz CT molecular complexity index is 338. The second-order valence-corrected chi connectivity index (χ2v) is 4.83. The predicted octanol–water partition coefficient (Wildman–Crippen LogP) is 0.826. The van der Waals surface area contributed by atoms with Crippen LogP contribution in [0.5, 0.6) is 0 Å². The first kappa shape index (κ1) is 14.4. The Labute approximate surface area is 108 Å². The molecule has 2 saturated heterocycles. The average molecular weight is 282 g/mol. The summed E-state index contributed by atoms with van der Waals surface area (Å²) in [5.41, 5.74) is 0. The van der Waals surface area contributed by atoms with Gasteiger partial charge in [0.2, 0.25) is 0 Å². The quantitative estimate of drug-likeness (QED) is 0.829. The Hall–Kier alpha value is -1.02. The number of amides is 1. The van der Waals surface area contributed by atoms with Crippen molar-refractivity contribution in [2.75, 3.05) is 32.8 Å². The summed E-state index contributed by atoms with van der Waals surface area (Å²) in [5.74, 6) is 0. The average Bonchev–Trinajstić information content (AvgIpc) is 2.93. The van der Waals surface area contributed by atoms with Crippen LogP contribution in [0.4, 0.5) is 18.0 Å². The van der Waals surface area contributed by atoms with Crippen LogP contribution in [0.1, 0.15) is 12.8 Å². The van der Waals surface area contributed by atoms with E-state index in [0.717, 1.165) is 0 Å². The van der Waals surface area contributed by atoms with E-state index in [1.54, 1.807) is 4.90 Å². The van der Waals surface area contributed by atoms with Gasteiger partial charge in [-0.05, 0) is 19.4 Å². The number of aliphatic hydroxyl groups is 1. The van der Waals surface area contributed by atoms with Gasteiger partial charge in [-0.15, -0.1) is 0 Å². The maximum Gasteiger partial charge on any atom is 0.415 e. The lowest BCUT2D eigenvalue weighted by atomic mass is 10.1. The number of carbonyl (C=O) groups excluding carboxylic acids is 1. The molecule has 5 nitrogen and oxygen atoms in total. The zero-order chi connectivity index (χ0) is 14.0. The van der Waals surface area contributed by atoms with E-state index in [9.17, 15) is 23.1 Å². The van der Waals surface area contributed by atoms with Gasteiger partial charge in [0.1, 0.15) is 6.61 Å². The molecule has 110 valence electrons. The molecule has 0 spiro atoms. The second-order valence-electron chi connectivity index (χ2n) is 4.83. The SMILES string of the molecule is O=C1OCCN1CCN1CCC[C@H]1[C@@H](O)C(F)(F)F. The highest BCUT2D eigenvalue weighted by Gasteiger charge is 2.46. The minimum Gasteiger partial charge on any atom is -0.448 e. The van der Waals surface area contributed by atoms with Gasteiger partial charge in [-0.25, -0.2) is 4.79 Å². The van der Waals surface area contributed by atoms with Crippen molar-refractivity contribution in [2.24, 2.45) is 0 Å². The summed E-state index contributed by atoms with van der Waals surface area (Å²) in [6.07, 6.45) is -6.39. The van der Waals surface area contributed by atoms with E-state index >= 15 is 0 Å². The lowest BCUT2D eigenvalue weighted by Gasteiger charge is -2.30. The monoisotopic (exact) mass is 282 g/mol. The Morgan fingerprint density at radius 3 is 2.68 bits per heavy atom. The van der Waals surface area contributed by atoms with Crippen LogP contribution in [0.2, 0.25) is 0 Å². The van der Waals surface area contributed by atoms with Gasteiger partial charge in [0, 0.05) is 19.1 Å². The number of hydrogen-bond donors (Lipinski definition) is 1. The molecule has 2 aliphatic heterocycles. The Balaban J connectivity index is 1.87. The molecule has 0 saturated carbocycles. The van der Waals surface area contributed by atoms with Gasteiger partial charge in [-0.3, -0.25) is 4.90 Å². The molecule has 2 rings (SSSR count). The molecule has 8 heteroatoms. The summed E-state index contributed by atoms with van der Waals surface area (Å²) in [7, 11) is 0. The first-order valence-electron chi connectivity index (χ1n) is 6.30. The Morgan fingerprint density at radius 1 is 1.37 bits per heavy atom. The van der Waals surface area contributed by atoms with Crippen molar-refractivity contribution in [3.63, 3.8) is 0 Å². The summed E-state index contributed by atoms with van der Waals surface area (Å²) in [5, 5.41) is 9.33. The summed E-state index contributed by atoms with van der Waals surface area (Å²) >= 11 is 0. The molecule has 0 aromatic heterocycles. The number of halogens is 3. The van der Waals surface area contributed by atoms with E-state index in [2.05, 4.69) is 0 Å². The highest BCUT2D eigenvalue weighted by Crippen LogP contribution is 2.30. The van der Waals surface area contributed by atoms with Gasteiger partial charge in [0.05, 0.1) is 6.54 Å². The van der Waals surface area contributed by atoms with E-state index in [0.29, 0.717) is 45.6 Å². The van der Waals surface area contributed by atoms with E-state index in [1.807, 2.05) is 0 Å². The van der Waals surface area contributed by atoms with Crippen LogP contribution >= 0.6 is 0 Å². The topological polar surface area (TPSA) is 53.0 Å². The van der Waals surface area contributed by atoms with E-state index in [-0.39, 0.29) is 0 Å². The van der Waals surface area contributed by atoms with Crippen molar-refractivity contribution < 1.29 is 27.8 Å². The fourth-order valence-corrected chi connectivity index (χ4v) is 2.58. The summed E-state index contributed by atoms with van der Waals surface area (Å²) in [4.78, 5) is 14.3. The molecule has 0 aliphatic carbocycles. The van der Waals surface area contributed by atoms with Gasteiger partial charge in [0.15, 0.2) is 6.10 Å². The van der Waals surface area contributed by atoms with Crippen LogP contribution in [0.3, 0.4) is 0 Å². The minimum absolute atomic E-state index is 0.325. The van der Waals surface area contributed by atoms with Crippen LogP contribution in [-0.4, -0.2) is 72.1 Å². The second kappa shape index (κ2) is 5.54. The van der Waals surface area contributed by atoms with Crippen molar-refractivity contribution in [3.8, 4) is 0 Å². The zero-order valence-corrected chi connectivity index (χ0v) is 10.4. The summed E-state index contributed by atoms with van der Waals surface area (Å²) in [6.45, 7) is 1.97. The van der Waals surface area contributed by atoms with E-state index < -0.39 is 24.4 Å². The number of hydrogen-bond acceptors (Lipinski definition) is 4. The van der Waals surface area contributed by atoms with E-state index in [4.69, 9.17) is 4.74 Å². The van der Waals surface area contributed by atoms with Gasteiger partial charge < -0.3 is 14.7 Å². The third kappa shape index (κ3) is 3.30. The summed E-state index contributed by atoms with van der Waals surface area (Å²) < 4.78 is 42.3. The number of likely N-dealkylation sites (tertiary alicyclic amines) is 1. The first-order chi connectivity index (χ1) is 8.89. The molecule has 1 amide bonds. The van der Waals surface area contributed by atoms with Gasteiger partial charge in [0.25, 0.3) is 0 Å². The van der Waals surface area contributed by atoms with Gasteiger partial charge in [-0.2, -0.15) is 13.2 Å². The molecule has 0 bridgehead atoms. The molecule has 2 heterocycles. The third-order valence-electron chi connectivity index (χ3n) is 3.62. The Kier molecular flexibility index (Phi) is 4.19. The van der Waals surface area contributed by atoms with Crippen molar-refractivity contribution in [1.29, 1.82) is 0 Å². The van der Waals surface area contributed by atoms with Crippen LogP contribution in [-0.2, 0) is 4.74 Å². The minimum atomic E-state index is -4.60. The Morgan fingerprint density at radius 2 is 2.11 bits per heavy atom. The summed E-state index contributed by atoms with van der Waals surface area (Å²) in [6, 6.07) is -0.904. The molecule has 0 unspecified atom stereocenters. The molecule has 2 aliphatic rings. The van der Waals surface area contributed by atoms with Crippen LogP contribution in [0.25, 0.3) is 0 Å². The van der Waals surface area contributed by atoms with E-state index in [1.165, 1.54) is 4.90 Å². The molecule has 0 radical (unpaired) electrons. The zero-order valence-electron chi connectivity index (χ0n) is 10.4. The number of cyclic esters (lactones) is 1. The third-order valence-corrected chi connectivity index (χ3v) is 3.62. The largest absolute Gasteiger partial charge is 0.448 e. The molecule has 1 N–H and O–H groups in total. The highest BCUT2D eigenvalue weighted by atomic mass is 19.4.